The van der Waals surface area contributed by atoms with Crippen LogP contribution in [-0.2, 0) is 4.79 Å². The molecule has 0 saturated heterocycles. The molecule has 3 heteroatoms. The molecule has 0 aliphatic carbocycles. The van der Waals surface area contributed by atoms with Gasteiger partial charge in [0.25, 0.3) is 0 Å². The molecule has 1 atom stereocenters. The van der Waals surface area contributed by atoms with Gasteiger partial charge in [-0.3, -0.25) is 4.79 Å². The highest BCUT2D eigenvalue weighted by Gasteiger charge is 2.28. The van der Waals surface area contributed by atoms with E-state index in [1.54, 1.807) is 20.8 Å². The summed E-state index contributed by atoms with van der Waals surface area (Å²) >= 11 is 3.70. The zero-order valence-electron chi connectivity index (χ0n) is 6.01. The largest absolute Gasteiger partial charge is 0.327 e. The van der Waals surface area contributed by atoms with Crippen LogP contribution in [0.5, 0.6) is 0 Å². The maximum atomic E-state index is 10.7. The van der Waals surface area contributed by atoms with E-state index >= 15 is 0 Å². The maximum absolute atomic E-state index is 10.7. The smallest absolute Gasteiger partial charge is 0.193 e. The Morgan fingerprint density at radius 1 is 1.67 bits per heavy atom. The van der Waals surface area contributed by atoms with E-state index in [0.29, 0.717) is 0 Å². The van der Waals surface area contributed by atoms with Crippen molar-refractivity contribution in [3.05, 3.63) is 0 Å². The molecule has 0 radical (unpaired) electrons. The van der Waals surface area contributed by atoms with Crippen LogP contribution in [0.1, 0.15) is 20.8 Å². The molecule has 2 nitrogen and oxygen atoms in total. The number of carbonyl (C=O) groups excluding carboxylic acids is 1. The predicted molar refractivity (Wildman–Crippen MR) is 41.4 cm³/mol. The van der Waals surface area contributed by atoms with Gasteiger partial charge in [-0.1, -0.05) is 13.8 Å². The lowest BCUT2D eigenvalue weighted by atomic mass is 9.88. The van der Waals surface area contributed by atoms with Crippen LogP contribution in [0.2, 0.25) is 0 Å². The molecule has 0 heterocycles. The Morgan fingerprint density at radius 3 is 2.00 bits per heavy atom. The Morgan fingerprint density at radius 2 is 2.00 bits per heavy atom. The van der Waals surface area contributed by atoms with E-state index in [-0.39, 0.29) is 11.2 Å². The fourth-order valence-electron chi connectivity index (χ4n) is 0.195. The van der Waals surface area contributed by atoms with Crippen molar-refractivity contribution in [2.75, 3.05) is 0 Å². The summed E-state index contributed by atoms with van der Waals surface area (Å²) in [5.41, 5.74) is 5.00. The monoisotopic (exact) mass is 147 g/mol. The molecule has 0 rings (SSSR count). The van der Waals surface area contributed by atoms with E-state index in [4.69, 9.17) is 5.73 Å². The molecule has 1 unspecified atom stereocenters. The Balaban J connectivity index is 4.19. The topological polar surface area (TPSA) is 43.1 Å². The average molecular weight is 147 g/mol. The Labute approximate surface area is 61.2 Å². The zero-order chi connectivity index (χ0) is 7.65. The van der Waals surface area contributed by atoms with Crippen LogP contribution in [0.15, 0.2) is 0 Å². The van der Waals surface area contributed by atoms with E-state index < -0.39 is 5.41 Å². The lowest BCUT2D eigenvalue weighted by molar-refractivity contribution is -0.118. The summed E-state index contributed by atoms with van der Waals surface area (Å²) in [7, 11) is 0. The van der Waals surface area contributed by atoms with Gasteiger partial charge in [0.05, 0.1) is 0 Å². The summed E-state index contributed by atoms with van der Waals surface area (Å²) in [6, 6.07) is -0.137. The van der Waals surface area contributed by atoms with Crippen molar-refractivity contribution >= 4 is 17.7 Å². The molecule has 54 valence electrons. The van der Waals surface area contributed by atoms with Gasteiger partial charge in [-0.05, 0) is 6.92 Å². The van der Waals surface area contributed by atoms with Crippen molar-refractivity contribution in [2.24, 2.45) is 11.1 Å². The van der Waals surface area contributed by atoms with Gasteiger partial charge in [0, 0.05) is 11.5 Å². The van der Waals surface area contributed by atoms with Crippen molar-refractivity contribution in [3.8, 4) is 0 Å². The number of rotatable bonds is 2. The summed E-state index contributed by atoms with van der Waals surface area (Å²) < 4.78 is 0. The first-order valence-corrected chi connectivity index (χ1v) is 3.32. The van der Waals surface area contributed by atoms with Crippen molar-refractivity contribution in [1.82, 2.24) is 0 Å². The van der Waals surface area contributed by atoms with Crippen LogP contribution in [0.25, 0.3) is 0 Å². The molecule has 0 amide bonds. The quantitative estimate of drug-likeness (QED) is 0.568. The molecule has 2 N–H and O–H groups in total. The Kier molecular flexibility index (Phi) is 2.70. The molecule has 0 aromatic rings. The third-order valence-electron chi connectivity index (χ3n) is 1.69. The highest BCUT2D eigenvalue weighted by atomic mass is 32.1. The van der Waals surface area contributed by atoms with Gasteiger partial charge in [-0.25, -0.2) is 0 Å². The minimum absolute atomic E-state index is 0.137. The number of carbonyl (C=O) groups is 1. The molecule has 0 aliphatic heterocycles. The SMILES string of the molecule is CC(N)C(C)(C)C(=O)S. The fourth-order valence-corrected chi connectivity index (χ4v) is 0.398. The van der Waals surface area contributed by atoms with Crippen molar-refractivity contribution in [3.63, 3.8) is 0 Å². The Bertz CT molecular complexity index is 120. The van der Waals surface area contributed by atoms with Crippen molar-refractivity contribution < 1.29 is 4.79 Å². The normalized spacial score (nSPS) is 15.2. The van der Waals surface area contributed by atoms with Crippen LogP contribution in [0.4, 0.5) is 0 Å². The van der Waals surface area contributed by atoms with Crippen LogP contribution in [0, 0.1) is 5.41 Å². The first kappa shape index (κ1) is 8.98. The van der Waals surface area contributed by atoms with Crippen LogP contribution < -0.4 is 5.73 Å². The highest BCUT2D eigenvalue weighted by molar-refractivity contribution is 7.96. The molecular formula is C6H13NOS. The molecule has 0 aliphatic rings. The summed E-state index contributed by atoms with van der Waals surface area (Å²) in [4.78, 5) is 10.7. The molecule has 0 fully saturated rings. The minimum Gasteiger partial charge on any atom is -0.327 e. The molecule has 0 saturated carbocycles. The molecule has 0 bridgehead atoms. The van der Waals surface area contributed by atoms with Crippen LogP contribution in [-0.4, -0.2) is 11.2 Å². The van der Waals surface area contributed by atoms with Crippen molar-refractivity contribution in [1.29, 1.82) is 0 Å². The van der Waals surface area contributed by atoms with Gasteiger partial charge in [-0.2, -0.15) is 0 Å². The second-order valence-corrected chi connectivity index (χ2v) is 3.22. The standard InChI is InChI=1S/C6H13NOS/c1-4(7)6(2,3)5(8)9/h4H,7H2,1-3H3,(H,8,9). The van der Waals surface area contributed by atoms with E-state index in [0.717, 1.165) is 0 Å². The summed E-state index contributed by atoms with van der Waals surface area (Å²) in [5, 5.41) is -0.155. The summed E-state index contributed by atoms with van der Waals surface area (Å²) in [6.45, 7) is 5.37. The van der Waals surface area contributed by atoms with E-state index in [9.17, 15) is 4.79 Å². The highest BCUT2D eigenvalue weighted by Crippen LogP contribution is 2.21. The fraction of sp³-hybridized carbons (Fsp3) is 0.833. The first-order chi connectivity index (χ1) is 3.89. The third-order valence-corrected chi connectivity index (χ3v) is 2.27. The minimum atomic E-state index is -0.497. The molecular weight excluding hydrogens is 134 g/mol. The van der Waals surface area contributed by atoms with E-state index in [1.807, 2.05) is 0 Å². The van der Waals surface area contributed by atoms with Gasteiger partial charge in [0.2, 0.25) is 0 Å². The number of hydrogen-bond donors (Lipinski definition) is 2. The molecule has 0 aromatic heterocycles. The van der Waals surface area contributed by atoms with Crippen LogP contribution in [0.3, 0.4) is 0 Å². The van der Waals surface area contributed by atoms with E-state index in [2.05, 4.69) is 12.6 Å². The lowest BCUT2D eigenvalue weighted by Crippen LogP contribution is -2.38. The van der Waals surface area contributed by atoms with Crippen molar-refractivity contribution in [2.45, 2.75) is 26.8 Å². The van der Waals surface area contributed by atoms with E-state index in [1.165, 1.54) is 0 Å². The summed E-state index contributed by atoms with van der Waals surface area (Å²) in [6.07, 6.45) is 0. The number of thiol groups is 1. The van der Waals surface area contributed by atoms with Gasteiger partial charge >= 0.3 is 0 Å². The average Bonchev–Trinajstić information content (AvgIpc) is 1.65. The summed E-state index contributed by atoms with van der Waals surface area (Å²) in [5.74, 6) is 0. The molecule has 9 heavy (non-hydrogen) atoms. The molecule has 0 spiro atoms. The first-order valence-electron chi connectivity index (χ1n) is 2.88. The number of nitrogens with two attached hydrogens (primary N) is 1. The van der Waals surface area contributed by atoms with Gasteiger partial charge in [0.1, 0.15) is 0 Å². The molecule has 0 aromatic carbocycles. The Hall–Kier alpha value is -0.0200. The lowest BCUT2D eigenvalue weighted by Gasteiger charge is -2.24. The predicted octanol–water partition coefficient (Wildman–Crippen LogP) is 0.816. The number of hydrogen-bond acceptors (Lipinski definition) is 2. The zero-order valence-corrected chi connectivity index (χ0v) is 6.90. The van der Waals surface area contributed by atoms with Gasteiger partial charge in [-0.15, -0.1) is 12.6 Å². The van der Waals surface area contributed by atoms with Gasteiger partial charge in [0.15, 0.2) is 5.12 Å². The second kappa shape index (κ2) is 2.71. The second-order valence-electron chi connectivity index (χ2n) is 2.82. The van der Waals surface area contributed by atoms with Gasteiger partial charge < -0.3 is 5.73 Å². The third kappa shape index (κ3) is 1.99. The maximum Gasteiger partial charge on any atom is 0.193 e. The van der Waals surface area contributed by atoms with Crippen LogP contribution >= 0.6 is 12.6 Å².